The van der Waals surface area contributed by atoms with E-state index in [0.717, 1.165) is 0 Å². The topological polar surface area (TPSA) is 273 Å². The first-order valence-electron chi connectivity index (χ1n) is 18.1. The minimum atomic E-state index is -1.52. The summed E-state index contributed by atoms with van der Waals surface area (Å²) < 4.78 is 35.8. The second-order valence-electron chi connectivity index (χ2n) is 12.8. The van der Waals surface area contributed by atoms with E-state index in [1.165, 1.54) is 21.3 Å². The Balaban J connectivity index is -0.000000134. The molecule has 0 aliphatic carbocycles. The molecule has 1 fully saturated rings. The smallest absolute Gasteiger partial charge is 0.305 e. The van der Waals surface area contributed by atoms with E-state index in [2.05, 4.69) is 5.32 Å². The van der Waals surface area contributed by atoms with Gasteiger partial charge in [0.2, 0.25) is 23.3 Å². The molecule has 352 valence electrons. The molecule has 18 heteroatoms. The number of methoxy groups -OCH3 is 3. The van der Waals surface area contributed by atoms with Crippen LogP contribution in [0.5, 0.6) is 0 Å². The third-order valence-electron chi connectivity index (χ3n) is 7.79. The molecule has 18 nitrogen and oxygen atoms in total. The molecule has 0 aromatic rings. The second kappa shape index (κ2) is 37.4. The molecular formula is C39H89NO17. The van der Waals surface area contributed by atoms with Crippen LogP contribution < -0.4 is 5.32 Å². The fraction of sp³-hybridized carbons (Fsp3) is 0.949. The molecule has 57 heavy (non-hydrogen) atoms. The fourth-order valence-corrected chi connectivity index (χ4v) is 4.38. The Morgan fingerprint density at radius 2 is 1.19 bits per heavy atom. The first-order chi connectivity index (χ1) is 24.9. The zero-order valence-corrected chi connectivity index (χ0v) is 33.8. The molecule has 1 aliphatic rings. The van der Waals surface area contributed by atoms with Crippen molar-refractivity contribution in [2.75, 3.05) is 67.6 Å². The van der Waals surface area contributed by atoms with Crippen molar-refractivity contribution in [1.82, 2.24) is 5.32 Å². The quantitative estimate of drug-likeness (QED) is 0.0559. The number of rotatable bonds is 22. The largest absolute Gasteiger partial charge is 0.463 e. The normalized spacial score (nSPS) is 19.7. The van der Waals surface area contributed by atoms with Crippen molar-refractivity contribution in [3.05, 3.63) is 0 Å². The van der Waals surface area contributed by atoms with E-state index in [4.69, 9.17) is 53.6 Å². The standard InChI is InChI=1S/C17H33NO7.C8H16O5.C8H18O5.C2H6.4CH4/c1-6-13(25-17(11-19,12-20)23-5)10-24-15(22)9-7-8-14(21)18-16(2,3)4;1-3-5-6(10)7(11)8(4-9,12-2)13-5;1-3-7(4-9)13-8(5-10,6-11)12-2;1-2;;;;/h13,19-20H,6-12H2,1-5H3,(H,18,21);5-7,9-11H,3-4H2,1-2H3;7,9-11H,3-6H2,1-2H3;1-2H3;4*1H4/t13-;5-,6+,7+,8-;7-;;;;;/m111...../s1. The molecule has 0 aromatic carbocycles. The van der Waals surface area contributed by atoms with Gasteiger partial charge in [-0.05, 0) is 46.5 Å². The van der Waals surface area contributed by atoms with Crippen molar-refractivity contribution in [2.45, 2.75) is 177 Å². The summed E-state index contributed by atoms with van der Waals surface area (Å²) in [6.07, 6.45) is -1.21. The highest BCUT2D eigenvalue weighted by atomic mass is 16.7. The summed E-state index contributed by atoms with van der Waals surface area (Å²) in [4.78, 5) is 23.4. The van der Waals surface area contributed by atoms with Gasteiger partial charge in [-0.25, -0.2) is 0 Å². The van der Waals surface area contributed by atoms with E-state index >= 15 is 0 Å². The maximum Gasteiger partial charge on any atom is 0.305 e. The number of carbonyl (C=O) groups excluding carboxylic acids is 2. The summed E-state index contributed by atoms with van der Waals surface area (Å²) >= 11 is 0. The molecule has 0 aromatic heterocycles. The number of aliphatic hydroxyl groups excluding tert-OH is 8. The molecule has 0 bridgehead atoms. The molecule has 1 saturated heterocycles. The molecule has 0 radical (unpaired) electrons. The Labute approximate surface area is 345 Å². The van der Waals surface area contributed by atoms with Crippen molar-refractivity contribution in [3.63, 3.8) is 0 Å². The van der Waals surface area contributed by atoms with Crippen LogP contribution >= 0.6 is 0 Å². The van der Waals surface area contributed by atoms with E-state index in [1.807, 2.05) is 55.4 Å². The van der Waals surface area contributed by atoms with E-state index in [1.54, 1.807) is 0 Å². The van der Waals surface area contributed by atoms with E-state index in [0.29, 0.717) is 25.7 Å². The van der Waals surface area contributed by atoms with Gasteiger partial charge in [0.15, 0.2) is 0 Å². The molecule has 0 unspecified atom stereocenters. The monoisotopic (exact) mass is 844 g/mol. The van der Waals surface area contributed by atoms with Gasteiger partial charge in [-0.3, -0.25) is 9.59 Å². The maximum absolute atomic E-state index is 11.8. The average molecular weight is 844 g/mol. The number of nitrogens with one attached hydrogen (secondary N) is 1. The lowest BCUT2D eigenvalue weighted by Crippen LogP contribution is -2.47. The number of ether oxygens (including phenoxy) is 7. The summed E-state index contributed by atoms with van der Waals surface area (Å²) in [6.45, 7) is 12.6. The van der Waals surface area contributed by atoms with Crippen LogP contribution in [0.1, 0.15) is 124 Å². The first-order valence-corrected chi connectivity index (χ1v) is 18.1. The van der Waals surface area contributed by atoms with Crippen LogP contribution in [0.15, 0.2) is 0 Å². The van der Waals surface area contributed by atoms with Gasteiger partial charge in [-0.1, -0.05) is 64.3 Å². The van der Waals surface area contributed by atoms with Gasteiger partial charge in [0.1, 0.15) is 25.4 Å². The van der Waals surface area contributed by atoms with Crippen LogP contribution in [0.4, 0.5) is 0 Å². The molecule has 1 heterocycles. The number of amides is 1. The van der Waals surface area contributed by atoms with Crippen molar-refractivity contribution in [3.8, 4) is 0 Å². The first kappa shape index (κ1) is 70.0. The Hall–Kier alpha value is -1.62. The summed E-state index contributed by atoms with van der Waals surface area (Å²) in [6, 6.07) is 0. The van der Waals surface area contributed by atoms with E-state index in [-0.39, 0.29) is 67.2 Å². The summed E-state index contributed by atoms with van der Waals surface area (Å²) in [5.41, 5.74) is -0.295. The number of hydrogen-bond acceptors (Lipinski definition) is 17. The third kappa shape index (κ3) is 26.3. The molecule has 0 spiro atoms. The number of esters is 1. The van der Waals surface area contributed by atoms with E-state index < -0.39 is 86.9 Å². The van der Waals surface area contributed by atoms with Gasteiger partial charge in [0.25, 0.3) is 0 Å². The van der Waals surface area contributed by atoms with Gasteiger partial charge in [-0.2, -0.15) is 0 Å². The maximum atomic E-state index is 11.8. The number of aliphatic hydroxyl groups is 8. The van der Waals surface area contributed by atoms with Crippen molar-refractivity contribution >= 4 is 11.9 Å². The summed E-state index contributed by atoms with van der Waals surface area (Å²) in [7, 11) is 3.97. The molecular weight excluding hydrogens is 754 g/mol. The Kier molecular flexibility index (Phi) is 45.9. The zero-order valence-electron chi connectivity index (χ0n) is 33.8. The van der Waals surface area contributed by atoms with Gasteiger partial charge < -0.3 is 79.3 Å². The summed E-state index contributed by atoms with van der Waals surface area (Å²) in [5, 5.41) is 76.1. The number of carbonyl (C=O) groups is 2. The molecule has 1 amide bonds. The fourth-order valence-electron chi connectivity index (χ4n) is 4.38. The molecule has 0 saturated carbocycles. The van der Waals surface area contributed by atoms with Gasteiger partial charge >= 0.3 is 5.97 Å². The molecule has 6 atom stereocenters. The van der Waals surface area contributed by atoms with E-state index in [9.17, 15) is 30.0 Å². The predicted molar refractivity (Wildman–Crippen MR) is 220 cm³/mol. The number of hydrogen-bond donors (Lipinski definition) is 9. The van der Waals surface area contributed by atoms with Crippen LogP contribution in [0.2, 0.25) is 0 Å². The highest BCUT2D eigenvalue weighted by molar-refractivity contribution is 5.77. The van der Waals surface area contributed by atoms with Crippen LogP contribution in [0, 0.1) is 0 Å². The SMILES string of the molecule is C.C.C.C.CC.CC[C@H](CO)OC(CO)(CO)OC.CC[C@H](COC(=O)CCCC(=O)NC(C)(C)C)OC(CO)(CO)OC.CC[C@H]1O[C@@](CO)(OC)[C@@H](O)[C@H]1O. The van der Waals surface area contributed by atoms with Crippen molar-refractivity contribution in [2.24, 2.45) is 0 Å². The van der Waals surface area contributed by atoms with Crippen LogP contribution in [0.25, 0.3) is 0 Å². The van der Waals surface area contributed by atoms with Gasteiger partial charge in [0.05, 0.1) is 51.3 Å². The Morgan fingerprint density at radius 1 is 0.754 bits per heavy atom. The zero-order chi connectivity index (χ0) is 41.9. The Bertz CT molecular complexity index is 889. The lowest BCUT2D eigenvalue weighted by atomic mass is 10.0. The van der Waals surface area contributed by atoms with Gasteiger partial charge in [0, 0.05) is 39.7 Å². The second-order valence-corrected chi connectivity index (χ2v) is 12.8. The average Bonchev–Trinajstić information content (AvgIpc) is 3.42. The van der Waals surface area contributed by atoms with Crippen LogP contribution in [0.3, 0.4) is 0 Å². The molecule has 1 rings (SSSR count). The molecule has 9 N–H and O–H groups in total. The third-order valence-corrected chi connectivity index (χ3v) is 7.79. The highest BCUT2D eigenvalue weighted by Crippen LogP contribution is 2.33. The molecule has 1 aliphatic heterocycles. The predicted octanol–water partition coefficient (Wildman–Crippen LogP) is 2.26. The van der Waals surface area contributed by atoms with Crippen LogP contribution in [-0.2, 0) is 42.7 Å². The van der Waals surface area contributed by atoms with Crippen molar-refractivity contribution in [1.29, 1.82) is 0 Å². The van der Waals surface area contributed by atoms with Crippen LogP contribution in [-0.4, -0.2) is 174 Å². The minimum Gasteiger partial charge on any atom is -0.463 e. The lowest BCUT2D eigenvalue weighted by Gasteiger charge is -2.32. The minimum absolute atomic E-state index is 0. The lowest BCUT2D eigenvalue weighted by molar-refractivity contribution is -0.282. The van der Waals surface area contributed by atoms with Gasteiger partial charge in [-0.15, -0.1) is 0 Å². The Morgan fingerprint density at radius 3 is 1.47 bits per heavy atom. The van der Waals surface area contributed by atoms with Crippen molar-refractivity contribution < 1.29 is 83.6 Å². The highest BCUT2D eigenvalue weighted by Gasteiger charge is 2.53. The summed E-state index contributed by atoms with van der Waals surface area (Å²) in [5.74, 6) is -4.91.